The van der Waals surface area contributed by atoms with Gasteiger partial charge in [0, 0.05) is 16.7 Å². The summed E-state index contributed by atoms with van der Waals surface area (Å²) in [5, 5.41) is 9.77. The van der Waals surface area contributed by atoms with Crippen LogP contribution >= 0.6 is 0 Å². The van der Waals surface area contributed by atoms with Gasteiger partial charge in [0.1, 0.15) is 23.4 Å². The van der Waals surface area contributed by atoms with E-state index in [-0.39, 0.29) is 17.8 Å². The first-order valence-corrected chi connectivity index (χ1v) is 6.46. The van der Waals surface area contributed by atoms with Crippen LogP contribution in [0.3, 0.4) is 0 Å². The van der Waals surface area contributed by atoms with E-state index in [1.54, 1.807) is 6.07 Å². The van der Waals surface area contributed by atoms with E-state index in [0.717, 1.165) is 22.6 Å². The minimum atomic E-state index is 0.000417. The van der Waals surface area contributed by atoms with Gasteiger partial charge in [-0.2, -0.15) is 0 Å². The molecule has 2 heterocycles. The molecule has 0 saturated carbocycles. The largest absolute Gasteiger partial charge is 0.508 e. The van der Waals surface area contributed by atoms with Gasteiger partial charge in [0.15, 0.2) is 0 Å². The van der Waals surface area contributed by atoms with Crippen LogP contribution in [0.1, 0.15) is 28.7 Å². The van der Waals surface area contributed by atoms with Gasteiger partial charge in [-0.3, -0.25) is 0 Å². The summed E-state index contributed by atoms with van der Waals surface area (Å²) in [5.74, 6) is 2.23. The molecule has 0 amide bonds. The van der Waals surface area contributed by atoms with Gasteiger partial charge in [-0.25, -0.2) is 0 Å². The number of fused-ring (bicyclic) bond motifs is 5. The second-order valence-electron chi connectivity index (χ2n) is 5.12. The summed E-state index contributed by atoms with van der Waals surface area (Å²) in [7, 11) is 0. The lowest BCUT2D eigenvalue weighted by Gasteiger charge is -2.29. The van der Waals surface area contributed by atoms with Crippen LogP contribution in [-0.2, 0) is 0 Å². The van der Waals surface area contributed by atoms with Gasteiger partial charge in [0.25, 0.3) is 0 Å². The standard InChI is InChI=1S/C16H14O3/c1-9-13(17)7-6-11-15(9)18-8-12-10-4-2-3-5-14(10)19-16(11)12/h2-7,12,16-17H,8H2,1H3. The molecule has 2 aromatic carbocycles. The maximum absolute atomic E-state index is 9.77. The first kappa shape index (κ1) is 10.7. The maximum atomic E-state index is 9.77. The second-order valence-corrected chi connectivity index (χ2v) is 5.12. The molecule has 3 heteroatoms. The lowest BCUT2D eigenvalue weighted by molar-refractivity contribution is 0.138. The molecule has 19 heavy (non-hydrogen) atoms. The van der Waals surface area contributed by atoms with Gasteiger partial charge in [-0.1, -0.05) is 18.2 Å². The molecule has 2 aliphatic heterocycles. The molecule has 2 atom stereocenters. The van der Waals surface area contributed by atoms with E-state index in [2.05, 4.69) is 6.07 Å². The van der Waals surface area contributed by atoms with Crippen LogP contribution in [0.5, 0.6) is 17.2 Å². The summed E-state index contributed by atoms with van der Waals surface area (Å²) in [5.41, 5.74) is 3.03. The van der Waals surface area contributed by atoms with Crippen LogP contribution < -0.4 is 9.47 Å². The van der Waals surface area contributed by atoms with E-state index in [4.69, 9.17) is 9.47 Å². The van der Waals surface area contributed by atoms with E-state index in [1.165, 1.54) is 5.56 Å². The normalized spacial score (nSPS) is 22.8. The molecule has 2 aliphatic rings. The molecule has 4 rings (SSSR count). The van der Waals surface area contributed by atoms with Crippen molar-refractivity contribution in [2.45, 2.75) is 18.9 Å². The third kappa shape index (κ3) is 1.38. The molecule has 0 radical (unpaired) electrons. The van der Waals surface area contributed by atoms with E-state index in [1.807, 2.05) is 31.2 Å². The number of benzene rings is 2. The van der Waals surface area contributed by atoms with Gasteiger partial charge in [-0.15, -0.1) is 0 Å². The Labute approximate surface area is 111 Å². The Morgan fingerprint density at radius 1 is 1.11 bits per heavy atom. The molecule has 2 aromatic rings. The zero-order valence-electron chi connectivity index (χ0n) is 10.6. The Hall–Kier alpha value is -2.16. The predicted molar refractivity (Wildman–Crippen MR) is 70.9 cm³/mol. The van der Waals surface area contributed by atoms with E-state index in [0.29, 0.717) is 6.61 Å². The molecule has 0 aliphatic carbocycles. The summed E-state index contributed by atoms with van der Waals surface area (Å²) in [6, 6.07) is 11.7. The Kier molecular flexibility index (Phi) is 2.07. The average Bonchev–Trinajstić information content (AvgIpc) is 2.81. The minimum Gasteiger partial charge on any atom is -0.508 e. The fraction of sp³-hybridized carbons (Fsp3) is 0.250. The fourth-order valence-corrected chi connectivity index (χ4v) is 3.02. The van der Waals surface area contributed by atoms with Crippen LogP contribution in [0.25, 0.3) is 0 Å². The Morgan fingerprint density at radius 2 is 1.95 bits per heavy atom. The average molecular weight is 254 g/mol. The van der Waals surface area contributed by atoms with Gasteiger partial charge < -0.3 is 14.6 Å². The molecule has 0 aromatic heterocycles. The van der Waals surface area contributed by atoms with Gasteiger partial charge >= 0.3 is 0 Å². The van der Waals surface area contributed by atoms with Crippen LogP contribution in [0.15, 0.2) is 36.4 Å². The van der Waals surface area contributed by atoms with Crippen molar-refractivity contribution >= 4 is 0 Å². The molecule has 3 nitrogen and oxygen atoms in total. The van der Waals surface area contributed by atoms with Gasteiger partial charge in [-0.05, 0) is 25.1 Å². The number of phenols is 1. The second kappa shape index (κ2) is 3.67. The molecule has 96 valence electrons. The maximum Gasteiger partial charge on any atom is 0.138 e. The first-order valence-electron chi connectivity index (χ1n) is 6.46. The number of hydrogen-bond acceptors (Lipinski definition) is 3. The third-order valence-electron chi connectivity index (χ3n) is 4.06. The monoisotopic (exact) mass is 254 g/mol. The minimum absolute atomic E-state index is 0.000417. The molecule has 0 saturated heterocycles. The molecule has 2 unspecified atom stereocenters. The van der Waals surface area contributed by atoms with Gasteiger partial charge in [0.05, 0.1) is 12.5 Å². The van der Waals surface area contributed by atoms with E-state index in [9.17, 15) is 5.11 Å². The summed E-state index contributed by atoms with van der Waals surface area (Å²) >= 11 is 0. The van der Waals surface area contributed by atoms with Crippen molar-refractivity contribution in [2.75, 3.05) is 6.61 Å². The number of aromatic hydroxyl groups is 1. The quantitative estimate of drug-likeness (QED) is 0.784. The summed E-state index contributed by atoms with van der Waals surface area (Å²) in [6.07, 6.45) is 0.000417. The van der Waals surface area contributed by atoms with Crippen LogP contribution in [-0.4, -0.2) is 11.7 Å². The highest BCUT2D eigenvalue weighted by molar-refractivity contribution is 5.54. The summed E-state index contributed by atoms with van der Waals surface area (Å²) in [6.45, 7) is 2.47. The van der Waals surface area contributed by atoms with Crippen LogP contribution in [0.2, 0.25) is 0 Å². The Morgan fingerprint density at radius 3 is 2.84 bits per heavy atom. The lowest BCUT2D eigenvalue weighted by atomic mass is 9.88. The third-order valence-corrected chi connectivity index (χ3v) is 4.06. The van der Waals surface area contributed by atoms with Crippen molar-refractivity contribution in [3.8, 4) is 17.2 Å². The highest BCUT2D eigenvalue weighted by Crippen LogP contribution is 2.52. The van der Waals surface area contributed by atoms with Crippen molar-refractivity contribution in [2.24, 2.45) is 0 Å². The molecule has 1 N–H and O–H groups in total. The first-order chi connectivity index (χ1) is 9.25. The topological polar surface area (TPSA) is 38.7 Å². The highest BCUT2D eigenvalue weighted by Gasteiger charge is 2.41. The molecule has 0 fully saturated rings. The number of ether oxygens (including phenoxy) is 2. The summed E-state index contributed by atoms with van der Waals surface area (Å²) in [4.78, 5) is 0. The Balaban J connectivity index is 1.85. The van der Waals surface area contributed by atoms with Crippen molar-refractivity contribution in [1.82, 2.24) is 0 Å². The van der Waals surface area contributed by atoms with Crippen molar-refractivity contribution in [3.05, 3.63) is 53.1 Å². The number of phenolic OH excluding ortho intramolecular Hbond substituents is 1. The number of hydrogen-bond donors (Lipinski definition) is 1. The SMILES string of the molecule is Cc1c(O)ccc2c1OCC1c3ccccc3OC21. The smallest absolute Gasteiger partial charge is 0.138 e. The van der Waals surface area contributed by atoms with Crippen molar-refractivity contribution in [3.63, 3.8) is 0 Å². The fourth-order valence-electron chi connectivity index (χ4n) is 3.02. The van der Waals surface area contributed by atoms with Crippen LogP contribution in [0.4, 0.5) is 0 Å². The Bertz CT molecular complexity index is 663. The molecule has 0 bridgehead atoms. The van der Waals surface area contributed by atoms with Crippen LogP contribution in [0, 0.1) is 6.92 Å². The van der Waals surface area contributed by atoms with E-state index < -0.39 is 0 Å². The lowest BCUT2D eigenvalue weighted by Crippen LogP contribution is -2.23. The van der Waals surface area contributed by atoms with E-state index >= 15 is 0 Å². The highest BCUT2D eigenvalue weighted by atomic mass is 16.5. The van der Waals surface area contributed by atoms with Crippen molar-refractivity contribution in [1.29, 1.82) is 0 Å². The molecule has 0 spiro atoms. The van der Waals surface area contributed by atoms with Crippen molar-refractivity contribution < 1.29 is 14.6 Å². The zero-order chi connectivity index (χ0) is 13.0. The van der Waals surface area contributed by atoms with Gasteiger partial charge in [0.2, 0.25) is 0 Å². The number of para-hydroxylation sites is 1. The molecular formula is C16H14O3. The zero-order valence-corrected chi connectivity index (χ0v) is 10.6. The summed E-state index contributed by atoms with van der Waals surface area (Å²) < 4.78 is 11.9. The molecular weight excluding hydrogens is 240 g/mol. The predicted octanol–water partition coefficient (Wildman–Crippen LogP) is 3.31. The number of rotatable bonds is 0.